The number of pyridine rings is 1. The van der Waals surface area contributed by atoms with Crippen LogP contribution in [0.4, 0.5) is 11.4 Å². The molecule has 0 radical (unpaired) electrons. The van der Waals surface area contributed by atoms with Crippen LogP contribution in [0.5, 0.6) is 0 Å². The summed E-state index contributed by atoms with van der Waals surface area (Å²) >= 11 is 1.40. The molecule has 1 aromatic carbocycles. The minimum Gasteiger partial charge on any atom is -0.374 e. The summed E-state index contributed by atoms with van der Waals surface area (Å²) in [6.45, 7) is 4.48. The van der Waals surface area contributed by atoms with Gasteiger partial charge >= 0.3 is 0 Å². The topological polar surface area (TPSA) is 65.8 Å². The zero-order valence-electron chi connectivity index (χ0n) is 14.5. The van der Waals surface area contributed by atoms with Gasteiger partial charge in [-0.05, 0) is 44.2 Å². The van der Waals surface area contributed by atoms with Gasteiger partial charge in [0.05, 0.1) is 16.1 Å². The number of benzene rings is 1. The number of hydrogen-bond acceptors (Lipinski definition) is 6. The molecule has 26 heavy (non-hydrogen) atoms. The van der Waals surface area contributed by atoms with Gasteiger partial charge in [-0.2, -0.15) is 0 Å². The molecular formula is C20H17N3O2S. The molecule has 2 aliphatic rings. The van der Waals surface area contributed by atoms with Crippen molar-refractivity contribution in [2.75, 3.05) is 11.4 Å². The number of fused-ring (bicyclic) bond motifs is 3. The second-order valence-corrected chi connectivity index (χ2v) is 8.18. The lowest BCUT2D eigenvalue weighted by molar-refractivity contribution is 0.0607. The second kappa shape index (κ2) is 5.22. The Morgan fingerprint density at radius 3 is 2.88 bits per heavy atom. The molecule has 1 N–H and O–H groups in total. The number of anilines is 1. The number of hydrogen-bond donors (Lipinski definition) is 1. The Hall–Kier alpha value is -2.57. The number of aliphatic imine (C=N–C) groups is 1. The van der Waals surface area contributed by atoms with E-state index in [1.165, 1.54) is 11.3 Å². The number of carbonyl (C=O) groups excluding carboxylic acids is 1. The number of ketones is 1. The Bertz CT molecular complexity index is 1120. The molecule has 0 bridgehead atoms. The van der Waals surface area contributed by atoms with Crippen molar-refractivity contribution in [1.29, 1.82) is 0 Å². The molecule has 2 aromatic heterocycles. The first-order valence-electron chi connectivity index (χ1n) is 8.57. The van der Waals surface area contributed by atoms with Gasteiger partial charge < -0.3 is 10.0 Å². The lowest BCUT2D eigenvalue weighted by Gasteiger charge is -2.28. The average Bonchev–Trinajstić information content (AvgIpc) is 3.16. The molecule has 0 spiro atoms. The lowest BCUT2D eigenvalue weighted by Crippen LogP contribution is -2.48. The van der Waals surface area contributed by atoms with Gasteiger partial charge in [-0.15, -0.1) is 11.3 Å². The Morgan fingerprint density at radius 1 is 1.19 bits per heavy atom. The van der Waals surface area contributed by atoms with Crippen molar-refractivity contribution in [3.8, 4) is 0 Å². The van der Waals surface area contributed by atoms with Crippen molar-refractivity contribution in [2.24, 2.45) is 4.99 Å². The van der Waals surface area contributed by atoms with E-state index in [9.17, 15) is 9.90 Å². The largest absolute Gasteiger partial charge is 0.374 e. The summed E-state index contributed by atoms with van der Waals surface area (Å²) in [6, 6.07) is 11.9. The lowest BCUT2D eigenvalue weighted by atomic mass is 9.92. The smallest absolute Gasteiger partial charge is 0.214 e. The fourth-order valence-electron chi connectivity index (χ4n) is 3.77. The molecule has 3 aromatic rings. The summed E-state index contributed by atoms with van der Waals surface area (Å²) in [6.07, 6.45) is 0.352. The molecule has 5 rings (SSSR count). The Balaban J connectivity index is 1.64. The van der Waals surface area contributed by atoms with E-state index in [-0.39, 0.29) is 5.78 Å². The molecule has 4 heterocycles. The van der Waals surface area contributed by atoms with Crippen LogP contribution in [0.15, 0.2) is 41.4 Å². The number of thiophene rings is 1. The van der Waals surface area contributed by atoms with Crippen LogP contribution in [0.25, 0.3) is 10.9 Å². The van der Waals surface area contributed by atoms with E-state index in [1.807, 2.05) is 55.1 Å². The summed E-state index contributed by atoms with van der Waals surface area (Å²) in [5, 5.41) is 12.1. The maximum atomic E-state index is 12.9. The molecule has 2 aliphatic heterocycles. The third-order valence-corrected chi connectivity index (χ3v) is 6.13. The molecule has 130 valence electrons. The maximum absolute atomic E-state index is 12.9. The van der Waals surface area contributed by atoms with Gasteiger partial charge in [-0.3, -0.25) is 9.78 Å². The highest BCUT2D eigenvalue weighted by Gasteiger charge is 2.53. The normalized spacial score (nSPS) is 21.7. The molecule has 1 saturated heterocycles. The molecule has 0 amide bonds. The van der Waals surface area contributed by atoms with Gasteiger partial charge in [0.15, 0.2) is 5.60 Å². The van der Waals surface area contributed by atoms with Crippen molar-refractivity contribution >= 4 is 45.2 Å². The van der Waals surface area contributed by atoms with Gasteiger partial charge in [-0.1, -0.05) is 6.07 Å². The average molecular weight is 363 g/mol. The highest BCUT2D eigenvalue weighted by atomic mass is 32.1. The first kappa shape index (κ1) is 15.7. The quantitative estimate of drug-likeness (QED) is 0.714. The number of rotatable bonds is 1. The predicted octanol–water partition coefficient (Wildman–Crippen LogP) is 3.78. The van der Waals surface area contributed by atoms with Crippen LogP contribution < -0.4 is 4.90 Å². The van der Waals surface area contributed by atoms with Crippen LogP contribution in [-0.2, 0) is 0 Å². The van der Waals surface area contributed by atoms with E-state index in [0.29, 0.717) is 29.4 Å². The van der Waals surface area contributed by atoms with Crippen LogP contribution >= 0.6 is 11.3 Å². The van der Waals surface area contributed by atoms with Gasteiger partial charge in [0.1, 0.15) is 5.84 Å². The summed E-state index contributed by atoms with van der Waals surface area (Å²) in [5.41, 5.74) is 1.97. The van der Waals surface area contributed by atoms with Crippen molar-refractivity contribution < 1.29 is 9.90 Å². The van der Waals surface area contributed by atoms with Crippen molar-refractivity contribution in [2.45, 2.75) is 25.9 Å². The van der Waals surface area contributed by atoms with E-state index in [4.69, 9.17) is 0 Å². The zero-order valence-corrected chi connectivity index (χ0v) is 15.3. The molecule has 0 aliphatic carbocycles. The minimum atomic E-state index is -1.52. The third-order valence-electron chi connectivity index (χ3n) is 5.09. The number of carbonyl (C=O) groups is 1. The number of aliphatic hydroxyl groups is 1. The fraction of sp³-hybridized carbons (Fsp3) is 0.250. The first-order valence-corrected chi connectivity index (χ1v) is 9.39. The fourth-order valence-corrected chi connectivity index (χ4v) is 4.73. The number of Topliss-reactive ketones (excluding diaryl/α,β-unsaturated/α-hetero) is 1. The van der Waals surface area contributed by atoms with Crippen molar-refractivity contribution in [1.82, 2.24) is 4.98 Å². The molecule has 5 nitrogen and oxygen atoms in total. The van der Waals surface area contributed by atoms with Crippen LogP contribution in [0.3, 0.4) is 0 Å². The zero-order chi connectivity index (χ0) is 18.1. The predicted molar refractivity (Wildman–Crippen MR) is 104 cm³/mol. The molecular weight excluding hydrogens is 346 g/mol. The van der Waals surface area contributed by atoms with E-state index in [2.05, 4.69) is 9.98 Å². The summed E-state index contributed by atoms with van der Waals surface area (Å²) in [5.74, 6) is 0.211. The van der Waals surface area contributed by atoms with Gasteiger partial charge in [0.25, 0.3) is 0 Å². The van der Waals surface area contributed by atoms with Crippen molar-refractivity contribution in [3.05, 3.63) is 51.8 Å². The first-order chi connectivity index (χ1) is 12.5. The summed E-state index contributed by atoms with van der Waals surface area (Å²) < 4.78 is 0. The van der Waals surface area contributed by atoms with Crippen LogP contribution in [0.2, 0.25) is 0 Å². The SMILES string of the molecule is Cc1ccc2cc(N3CC[C@@]4(O)C(=O)c5sc(C)cc5N=C34)ccc2n1. The monoisotopic (exact) mass is 363 g/mol. The van der Waals surface area contributed by atoms with E-state index in [1.54, 1.807) is 0 Å². The highest BCUT2D eigenvalue weighted by molar-refractivity contribution is 7.14. The second-order valence-electron chi connectivity index (χ2n) is 6.93. The van der Waals surface area contributed by atoms with Gasteiger partial charge in [0.2, 0.25) is 5.78 Å². The number of amidine groups is 1. The van der Waals surface area contributed by atoms with Gasteiger partial charge in [0, 0.05) is 34.6 Å². The standard InChI is InChI=1S/C20H17N3O2S/c1-11-3-4-13-10-14(5-6-15(13)21-11)23-8-7-20(25)18(24)17-16(22-19(20)23)9-12(2)26-17/h3-6,9-10,25H,7-8H2,1-2H3/t20-/m1/s1. The van der Waals surface area contributed by atoms with Crippen LogP contribution in [-0.4, -0.2) is 33.9 Å². The Morgan fingerprint density at radius 2 is 2.04 bits per heavy atom. The van der Waals surface area contributed by atoms with Crippen LogP contribution in [0.1, 0.15) is 26.7 Å². The summed E-state index contributed by atoms with van der Waals surface area (Å²) in [4.78, 5) is 25.6. The minimum absolute atomic E-state index is 0.226. The number of nitrogens with zero attached hydrogens (tertiary/aromatic N) is 3. The number of aryl methyl sites for hydroxylation is 2. The maximum Gasteiger partial charge on any atom is 0.214 e. The molecule has 6 heteroatoms. The van der Waals surface area contributed by atoms with E-state index >= 15 is 0 Å². The molecule has 1 fully saturated rings. The molecule has 0 saturated carbocycles. The number of aromatic nitrogens is 1. The highest BCUT2D eigenvalue weighted by Crippen LogP contribution is 2.42. The van der Waals surface area contributed by atoms with Crippen molar-refractivity contribution in [3.63, 3.8) is 0 Å². The Labute approximate surface area is 154 Å². The molecule has 0 unspecified atom stereocenters. The molecule has 1 atom stereocenters. The van der Waals surface area contributed by atoms with E-state index < -0.39 is 5.60 Å². The Kier molecular flexibility index (Phi) is 3.14. The third kappa shape index (κ3) is 2.09. The van der Waals surface area contributed by atoms with E-state index in [0.717, 1.165) is 27.2 Å². The van der Waals surface area contributed by atoms with Crippen LogP contribution in [0, 0.1) is 13.8 Å². The van der Waals surface area contributed by atoms with Gasteiger partial charge in [-0.25, -0.2) is 4.99 Å². The summed E-state index contributed by atoms with van der Waals surface area (Å²) in [7, 11) is 0.